The number of hydrogen-bond donors (Lipinski definition) is 2. The number of sulfonamides is 1. The first kappa shape index (κ1) is 19.6. The van der Waals surface area contributed by atoms with Gasteiger partial charge in [0.15, 0.2) is 5.96 Å². The molecule has 0 bridgehead atoms. The van der Waals surface area contributed by atoms with Gasteiger partial charge < -0.3 is 10.6 Å². The van der Waals surface area contributed by atoms with Gasteiger partial charge in [-0.3, -0.25) is 4.99 Å². The van der Waals surface area contributed by atoms with E-state index in [1.807, 2.05) is 18.7 Å². The normalized spacial score (nSPS) is 19.6. The zero-order valence-electron chi connectivity index (χ0n) is 14.0. The van der Waals surface area contributed by atoms with E-state index in [0.717, 1.165) is 25.5 Å². The Morgan fingerprint density at radius 1 is 1.36 bits per heavy atom. The van der Waals surface area contributed by atoms with Gasteiger partial charge in [0.25, 0.3) is 0 Å². The fourth-order valence-corrected chi connectivity index (χ4v) is 4.22. The number of thioether (sulfide) groups is 1. The molecule has 0 aromatic heterocycles. The second-order valence-corrected chi connectivity index (χ2v) is 9.13. The lowest BCUT2D eigenvalue weighted by molar-refractivity contribution is 0.461. The fraction of sp³-hybridized carbons (Fsp3) is 0.929. The lowest BCUT2D eigenvalue weighted by Crippen LogP contribution is -2.39. The minimum atomic E-state index is -3.07. The van der Waals surface area contributed by atoms with Crippen molar-refractivity contribution in [2.24, 2.45) is 4.99 Å². The predicted molar refractivity (Wildman–Crippen MR) is 96.2 cm³/mol. The maximum atomic E-state index is 11.6. The number of rotatable bonds is 9. The summed E-state index contributed by atoms with van der Waals surface area (Å²) in [6, 6.07) is 0. The Hall–Kier alpha value is -0.470. The molecule has 0 saturated carbocycles. The highest BCUT2D eigenvalue weighted by molar-refractivity contribution is 8.00. The molecular formula is C14H30N4O2S2. The average molecular weight is 351 g/mol. The Morgan fingerprint density at radius 2 is 2.14 bits per heavy atom. The average Bonchev–Trinajstić information content (AvgIpc) is 3.02. The Labute approximate surface area is 139 Å². The Bertz CT molecular complexity index is 434. The van der Waals surface area contributed by atoms with E-state index in [1.54, 1.807) is 14.0 Å². The zero-order chi connectivity index (χ0) is 16.4. The highest BCUT2D eigenvalue weighted by Crippen LogP contribution is 2.25. The molecule has 0 radical (unpaired) electrons. The molecule has 1 atom stereocenters. The molecular weight excluding hydrogens is 320 g/mol. The molecule has 6 nitrogen and oxygen atoms in total. The number of nitrogens with zero attached hydrogens (tertiary/aromatic N) is 2. The molecule has 1 heterocycles. The van der Waals surface area contributed by atoms with Gasteiger partial charge in [0.1, 0.15) is 0 Å². The molecule has 0 spiro atoms. The maximum Gasteiger partial charge on any atom is 0.213 e. The van der Waals surface area contributed by atoms with Crippen LogP contribution < -0.4 is 10.6 Å². The van der Waals surface area contributed by atoms with Crippen LogP contribution in [0.4, 0.5) is 0 Å². The first-order valence-corrected chi connectivity index (χ1v) is 10.7. The summed E-state index contributed by atoms with van der Waals surface area (Å²) in [5.41, 5.74) is 0. The summed E-state index contributed by atoms with van der Waals surface area (Å²) in [5.74, 6) is 2.23. The first-order chi connectivity index (χ1) is 10.5. The van der Waals surface area contributed by atoms with Crippen LogP contribution in [0.3, 0.4) is 0 Å². The molecule has 2 N–H and O–H groups in total. The van der Waals surface area contributed by atoms with Gasteiger partial charge in [-0.2, -0.15) is 11.8 Å². The van der Waals surface area contributed by atoms with Crippen LogP contribution in [0.5, 0.6) is 0 Å². The fourth-order valence-electron chi connectivity index (χ4n) is 2.19. The number of nitrogens with one attached hydrogen (secondary N) is 2. The van der Waals surface area contributed by atoms with E-state index in [1.165, 1.54) is 22.9 Å². The van der Waals surface area contributed by atoms with Crippen molar-refractivity contribution in [3.05, 3.63) is 0 Å². The minimum Gasteiger partial charge on any atom is -0.357 e. The number of guanidine groups is 1. The van der Waals surface area contributed by atoms with Crippen LogP contribution in [0.25, 0.3) is 0 Å². The van der Waals surface area contributed by atoms with Crippen molar-refractivity contribution >= 4 is 27.7 Å². The zero-order valence-corrected chi connectivity index (χ0v) is 15.6. The molecule has 0 aromatic carbocycles. The van der Waals surface area contributed by atoms with Gasteiger partial charge >= 0.3 is 0 Å². The maximum absolute atomic E-state index is 11.6. The van der Waals surface area contributed by atoms with Crippen LogP contribution in [0.15, 0.2) is 4.99 Å². The predicted octanol–water partition coefficient (Wildman–Crippen LogP) is 1.11. The monoisotopic (exact) mass is 350 g/mol. The van der Waals surface area contributed by atoms with Crippen LogP contribution in [-0.2, 0) is 10.0 Å². The Balaban J connectivity index is 2.30. The Morgan fingerprint density at radius 3 is 2.73 bits per heavy atom. The highest BCUT2D eigenvalue weighted by Gasteiger charge is 2.15. The second kappa shape index (κ2) is 10.3. The van der Waals surface area contributed by atoms with E-state index in [-0.39, 0.29) is 5.75 Å². The molecule has 130 valence electrons. The molecule has 1 fully saturated rings. The van der Waals surface area contributed by atoms with Crippen molar-refractivity contribution in [3.63, 3.8) is 0 Å². The largest absolute Gasteiger partial charge is 0.357 e. The van der Waals surface area contributed by atoms with Gasteiger partial charge in [0, 0.05) is 31.9 Å². The van der Waals surface area contributed by atoms with Crippen molar-refractivity contribution in [2.45, 2.75) is 38.4 Å². The third kappa shape index (κ3) is 7.19. The van der Waals surface area contributed by atoms with Crippen LogP contribution in [0, 0.1) is 0 Å². The third-order valence-corrected chi connectivity index (χ3v) is 6.85. The van der Waals surface area contributed by atoms with Gasteiger partial charge in [0.2, 0.25) is 10.0 Å². The van der Waals surface area contributed by atoms with Gasteiger partial charge in [-0.25, -0.2) is 12.7 Å². The van der Waals surface area contributed by atoms with Crippen molar-refractivity contribution in [1.82, 2.24) is 14.9 Å². The van der Waals surface area contributed by atoms with Crippen LogP contribution in [0.2, 0.25) is 0 Å². The number of hydrogen-bond acceptors (Lipinski definition) is 4. The van der Waals surface area contributed by atoms with Crippen LogP contribution in [0.1, 0.15) is 33.1 Å². The van der Waals surface area contributed by atoms with Gasteiger partial charge in [-0.15, -0.1) is 0 Å². The van der Waals surface area contributed by atoms with E-state index >= 15 is 0 Å². The summed E-state index contributed by atoms with van der Waals surface area (Å²) in [6.45, 7) is 6.64. The molecule has 1 unspecified atom stereocenters. The van der Waals surface area contributed by atoms with E-state index < -0.39 is 10.0 Å². The summed E-state index contributed by atoms with van der Waals surface area (Å²) < 4.78 is 24.7. The molecule has 1 aliphatic heterocycles. The van der Waals surface area contributed by atoms with E-state index in [9.17, 15) is 8.42 Å². The van der Waals surface area contributed by atoms with Gasteiger partial charge in [-0.05, 0) is 38.9 Å². The lowest BCUT2D eigenvalue weighted by Gasteiger charge is -2.17. The van der Waals surface area contributed by atoms with Crippen LogP contribution in [-0.4, -0.2) is 68.7 Å². The summed E-state index contributed by atoms with van der Waals surface area (Å²) >= 11 is 2.00. The SMILES string of the molecule is CCNC(=NCC1CCCS1)NCCCN(C)S(=O)(=O)CC. The molecule has 0 amide bonds. The van der Waals surface area contributed by atoms with Crippen LogP contribution >= 0.6 is 11.8 Å². The van der Waals surface area contributed by atoms with Crippen molar-refractivity contribution in [1.29, 1.82) is 0 Å². The van der Waals surface area contributed by atoms with E-state index in [4.69, 9.17) is 0 Å². The second-order valence-electron chi connectivity index (χ2n) is 5.36. The Kier molecular flexibility index (Phi) is 9.19. The molecule has 1 aliphatic rings. The lowest BCUT2D eigenvalue weighted by atomic mass is 10.2. The molecule has 8 heteroatoms. The molecule has 0 aromatic rings. The first-order valence-electron chi connectivity index (χ1n) is 8.07. The minimum absolute atomic E-state index is 0.153. The van der Waals surface area contributed by atoms with E-state index in [0.29, 0.717) is 18.3 Å². The van der Waals surface area contributed by atoms with Gasteiger partial charge in [0.05, 0.1) is 12.3 Å². The number of aliphatic imine (C=N–C) groups is 1. The summed E-state index contributed by atoms with van der Waals surface area (Å²) in [6.07, 6.45) is 3.32. The summed E-state index contributed by atoms with van der Waals surface area (Å²) in [7, 11) is -1.44. The molecule has 0 aliphatic carbocycles. The summed E-state index contributed by atoms with van der Waals surface area (Å²) in [4.78, 5) is 4.62. The standard InChI is InChI=1S/C14H30N4O2S2/c1-4-15-14(17-12-13-8-6-11-21-13)16-9-7-10-18(3)22(19,20)5-2/h13H,4-12H2,1-3H3,(H2,15,16,17). The van der Waals surface area contributed by atoms with Gasteiger partial charge in [-0.1, -0.05) is 0 Å². The smallest absolute Gasteiger partial charge is 0.213 e. The molecule has 1 rings (SSSR count). The van der Waals surface area contributed by atoms with Crippen molar-refractivity contribution < 1.29 is 8.42 Å². The molecule has 1 saturated heterocycles. The highest BCUT2D eigenvalue weighted by atomic mass is 32.2. The topological polar surface area (TPSA) is 73.8 Å². The van der Waals surface area contributed by atoms with E-state index in [2.05, 4.69) is 15.6 Å². The van der Waals surface area contributed by atoms with Crippen molar-refractivity contribution in [3.8, 4) is 0 Å². The molecule has 22 heavy (non-hydrogen) atoms. The summed E-state index contributed by atoms with van der Waals surface area (Å²) in [5, 5.41) is 7.16. The quantitative estimate of drug-likeness (QED) is 0.370. The van der Waals surface area contributed by atoms with Crippen molar-refractivity contribution in [2.75, 3.05) is 44.7 Å². The third-order valence-electron chi connectivity index (χ3n) is 3.60.